The maximum atomic E-state index is 5.49. The fourth-order valence-corrected chi connectivity index (χ4v) is 1.60. The summed E-state index contributed by atoms with van der Waals surface area (Å²) in [5.41, 5.74) is 0. The van der Waals surface area contributed by atoms with Crippen LogP contribution in [0, 0.1) is 0 Å². The van der Waals surface area contributed by atoms with Crippen LogP contribution in [-0.4, -0.2) is 38.5 Å². The van der Waals surface area contributed by atoms with E-state index in [-0.39, 0.29) is 0 Å². The minimum Gasteiger partial charge on any atom is -0.488 e. The van der Waals surface area contributed by atoms with Gasteiger partial charge in [-0.15, -0.1) is 0 Å². The van der Waals surface area contributed by atoms with Gasteiger partial charge in [-0.1, -0.05) is 0 Å². The van der Waals surface area contributed by atoms with Gasteiger partial charge in [0.2, 0.25) is 0 Å². The summed E-state index contributed by atoms with van der Waals surface area (Å²) < 4.78 is 17.2. The molecule has 0 atom stereocenters. The van der Waals surface area contributed by atoms with Gasteiger partial charge in [-0.05, 0) is 37.9 Å². The normalized spacial score (nSPS) is 10.4. The van der Waals surface area contributed by atoms with Gasteiger partial charge in [-0.3, -0.25) is 0 Å². The molecule has 6 heteroatoms. The van der Waals surface area contributed by atoms with Crippen molar-refractivity contribution in [3.8, 4) is 5.75 Å². The maximum absolute atomic E-state index is 5.49. The summed E-state index contributed by atoms with van der Waals surface area (Å²) in [6, 6.07) is 1.85. The van der Waals surface area contributed by atoms with Gasteiger partial charge in [-0.2, -0.15) is 0 Å². The minimum atomic E-state index is 0.487. The Balaban J connectivity index is 2.23. The van der Waals surface area contributed by atoms with E-state index in [9.17, 15) is 0 Å². The zero-order chi connectivity index (χ0) is 11.8. The first-order valence-corrected chi connectivity index (χ1v) is 6.33. The molecule has 0 aromatic carbocycles. The fourth-order valence-electron chi connectivity index (χ4n) is 0.960. The number of hydrogen-bond donors (Lipinski definition) is 0. The number of ether oxygens (including phenoxy) is 3. The molecule has 1 rings (SSSR count). The fraction of sp³-hybridized carbons (Fsp3) is 0.500. The zero-order valence-corrected chi connectivity index (χ0v) is 12.1. The van der Waals surface area contributed by atoms with E-state index in [0.717, 1.165) is 4.47 Å². The molecular weight excluding hydrogens is 342 g/mol. The quantitative estimate of drug-likeness (QED) is 0.557. The highest BCUT2D eigenvalue weighted by atomic mass is 79.9. The molecule has 1 aromatic heterocycles. The van der Waals surface area contributed by atoms with E-state index in [1.165, 1.54) is 0 Å². The number of hydrogen-bond acceptors (Lipinski definition) is 4. The molecule has 0 aliphatic carbocycles. The molecule has 0 bridgehead atoms. The molecule has 1 heterocycles. The van der Waals surface area contributed by atoms with Crippen molar-refractivity contribution < 1.29 is 14.2 Å². The second kappa shape index (κ2) is 8.00. The Kier molecular flexibility index (Phi) is 6.95. The second-order valence-corrected chi connectivity index (χ2v) is 4.56. The third-order valence-electron chi connectivity index (χ3n) is 1.69. The van der Waals surface area contributed by atoms with Crippen LogP contribution in [0.5, 0.6) is 5.75 Å². The molecule has 16 heavy (non-hydrogen) atoms. The Bertz CT molecular complexity index is 323. The van der Waals surface area contributed by atoms with Gasteiger partial charge >= 0.3 is 0 Å². The number of nitrogens with zero attached hydrogens (tertiary/aromatic N) is 1. The summed E-state index contributed by atoms with van der Waals surface area (Å²) in [7, 11) is 1.64. The third-order valence-corrected chi connectivity index (χ3v) is 2.72. The van der Waals surface area contributed by atoms with E-state index < -0.39 is 0 Å². The van der Waals surface area contributed by atoms with Crippen molar-refractivity contribution in [2.24, 2.45) is 0 Å². The molecule has 0 spiro atoms. The Morgan fingerprint density at radius 2 is 1.94 bits per heavy atom. The standard InChI is InChI=1S/C10H13Br2NO3/c1-14-2-3-15-4-5-16-9-6-8(11)7-13-10(9)12/h6-7H,2-5H2,1H3. The van der Waals surface area contributed by atoms with Crippen molar-refractivity contribution in [3.63, 3.8) is 0 Å². The molecule has 0 fully saturated rings. The van der Waals surface area contributed by atoms with E-state index in [2.05, 4.69) is 36.8 Å². The molecule has 0 unspecified atom stereocenters. The SMILES string of the molecule is COCCOCCOc1cc(Br)cnc1Br. The monoisotopic (exact) mass is 353 g/mol. The van der Waals surface area contributed by atoms with Gasteiger partial charge < -0.3 is 14.2 Å². The van der Waals surface area contributed by atoms with Crippen molar-refractivity contribution in [1.29, 1.82) is 0 Å². The Morgan fingerprint density at radius 3 is 2.69 bits per heavy atom. The lowest BCUT2D eigenvalue weighted by molar-refractivity contribution is 0.0542. The van der Waals surface area contributed by atoms with E-state index in [1.807, 2.05) is 6.07 Å². The number of halogens is 2. The average molecular weight is 355 g/mol. The molecule has 0 aliphatic rings. The van der Waals surface area contributed by atoms with Crippen LogP contribution < -0.4 is 4.74 Å². The lowest BCUT2D eigenvalue weighted by atomic mass is 10.5. The number of aromatic nitrogens is 1. The molecule has 0 amide bonds. The van der Waals surface area contributed by atoms with Crippen LogP contribution in [-0.2, 0) is 9.47 Å². The largest absolute Gasteiger partial charge is 0.488 e. The van der Waals surface area contributed by atoms with Crippen LogP contribution in [0.1, 0.15) is 0 Å². The van der Waals surface area contributed by atoms with Crippen molar-refractivity contribution in [2.75, 3.05) is 33.5 Å². The van der Waals surface area contributed by atoms with Crippen LogP contribution in [0.4, 0.5) is 0 Å². The summed E-state index contributed by atoms with van der Waals surface area (Å²) >= 11 is 6.64. The molecule has 0 saturated carbocycles. The highest BCUT2D eigenvalue weighted by Gasteiger charge is 2.02. The first kappa shape index (κ1) is 13.9. The summed E-state index contributed by atoms with van der Waals surface area (Å²) in [6.45, 7) is 2.20. The van der Waals surface area contributed by atoms with Gasteiger partial charge in [0.15, 0.2) is 5.75 Å². The Labute approximate surface area is 112 Å². The van der Waals surface area contributed by atoms with Gasteiger partial charge in [0, 0.05) is 17.8 Å². The second-order valence-electron chi connectivity index (χ2n) is 2.90. The number of pyridine rings is 1. The van der Waals surface area contributed by atoms with Gasteiger partial charge in [0.05, 0.1) is 19.8 Å². The lowest BCUT2D eigenvalue weighted by Gasteiger charge is -2.08. The van der Waals surface area contributed by atoms with E-state index in [0.29, 0.717) is 36.8 Å². The molecule has 1 aromatic rings. The first-order valence-electron chi connectivity index (χ1n) is 4.74. The van der Waals surface area contributed by atoms with Crippen LogP contribution >= 0.6 is 31.9 Å². The smallest absolute Gasteiger partial charge is 0.153 e. The summed E-state index contributed by atoms with van der Waals surface area (Å²) in [5, 5.41) is 0. The number of methoxy groups -OCH3 is 1. The molecule has 0 saturated heterocycles. The first-order chi connectivity index (χ1) is 7.74. The summed E-state index contributed by atoms with van der Waals surface area (Å²) in [4.78, 5) is 4.09. The zero-order valence-electron chi connectivity index (χ0n) is 8.91. The molecule has 90 valence electrons. The van der Waals surface area contributed by atoms with Crippen LogP contribution in [0.2, 0.25) is 0 Å². The third kappa shape index (κ3) is 5.25. The highest BCUT2D eigenvalue weighted by Crippen LogP contribution is 2.25. The molecule has 4 nitrogen and oxygen atoms in total. The van der Waals surface area contributed by atoms with Crippen molar-refractivity contribution in [2.45, 2.75) is 0 Å². The minimum absolute atomic E-state index is 0.487. The molecular formula is C10H13Br2NO3. The molecule has 0 aliphatic heterocycles. The number of rotatable bonds is 7. The van der Waals surface area contributed by atoms with Crippen molar-refractivity contribution in [3.05, 3.63) is 21.3 Å². The van der Waals surface area contributed by atoms with E-state index in [1.54, 1.807) is 13.3 Å². The van der Waals surface area contributed by atoms with E-state index in [4.69, 9.17) is 14.2 Å². The summed E-state index contributed by atoms with van der Waals surface area (Å²) in [6.07, 6.45) is 1.70. The van der Waals surface area contributed by atoms with Crippen LogP contribution in [0.25, 0.3) is 0 Å². The predicted octanol–water partition coefficient (Wildman–Crippen LogP) is 2.65. The van der Waals surface area contributed by atoms with E-state index >= 15 is 0 Å². The Hall–Kier alpha value is -0.170. The topological polar surface area (TPSA) is 40.6 Å². The highest BCUT2D eigenvalue weighted by molar-refractivity contribution is 9.11. The lowest BCUT2D eigenvalue weighted by Crippen LogP contribution is -2.10. The van der Waals surface area contributed by atoms with Gasteiger partial charge in [-0.25, -0.2) is 4.98 Å². The van der Waals surface area contributed by atoms with Crippen LogP contribution in [0.15, 0.2) is 21.3 Å². The van der Waals surface area contributed by atoms with Gasteiger partial charge in [0.1, 0.15) is 11.2 Å². The van der Waals surface area contributed by atoms with Crippen molar-refractivity contribution >= 4 is 31.9 Å². The molecule has 0 N–H and O–H groups in total. The van der Waals surface area contributed by atoms with Gasteiger partial charge in [0.25, 0.3) is 0 Å². The van der Waals surface area contributed by atoms with Crippen LogP contribution in [0.3, 0.4) is 0 Å². The predicted molar refractivity (Wildman–Crippen MR) is 67.8 cm³/mol. The van der Waals surface area contributed by atoms with Crippen molar-refractivity contribution in [1.82, 2.24) is 4.98 Å². The summed E-state index contributed by atoms with van der Waals surface area (Å²) in [5.74, 6) is 0.699. The molecule has 0 radical (unpaired) electrons. The average Bonchev–Trinajstić information content (AvgIpc) is 2.28. The maximum Gasteiger partial charge on any atom is 0.153 e. The Morgan fingerprint density at radius 1 is 1.19 bits per heavy atom.